The molecule has 1 aromatic rings. The lowest BCUT2D eigenvalue weighted by Crippen LogP contribution is -2.50. The standard InChI is InChI=1S/C24H35NO6/c1-17-11-22-21(23(12-17)25(26)27)13-20(31-16-28-3)14-24(22,2)9-10-30-15-18-5-7-19(29-4)8-6-18/h5-8,11,20-23H,9-10,12-16H2,1-4H3/t20-,21+,22+,23+,24-/m1/s1. The van der Waals surface area contributed by atoms with Crippen LogP contribution in [0.2, 0.25) is 0 Å². The third-order valence-corrected chi connectivity index (χ3v) is 6.92. The van der Waals surface area contributed by atoms with Gasteiger partial charge in [-0.3, -0.25) is 10.1 Å². The van der Waals surface area contributed by atoms with Crippen molar-refractivity contribution in [1.82, 2.24) is 0 Å². The average Bonchev–Trinajstić information content (AvgIpc) is 2.75. The van der Waals surface area contributed by atoms with E-state index in [1.165, 1.54) is 0 Å². The fourth-order valence-corrected chi connectivity index (χ4v) is 5.29. The zero-order chi connectivity index (χ0) is 22.4. The zero-order valence-electron chi connectivity index (χ0n) is 19.0. The first-order valence-corrected chi connectivity index (χ1v) is 11.0. The van der Waals surface area contributed by atoms with E-state index >= 15 is 0 Å². The Balaban J connectivity index is 1.68. The fraction of sp³-hybridized carbons (Fsp3) is 0.667. The second-order valence-corrected chi connectivity index (χ2v) is 9.20. The maximum absolute atomic E-state index is 11.8. The Hall–Kier alpha value is -1.96. The second-order valence-electron chi connectivity index (χ2n) is 9.20. The number of hydrogen-bond acceptors (Lipinski definition) is 6. The highest BCUT2D eigenvalue weighted by Crippen LogP contribution is 2.52. The largest absolute Gasteiger partial charge is 0.497 e. The molecule has 0 bridgehead atoms. The van der Waals surface area contributed by atoms with Gasteiger partial charge in [0.25, 0.3) is 0 Å². The molecule has 2 aliphatic carbocycles. The zero-order valence-corrected chi connectivity index (χ0v) is 19.0. The van der Waals surface area contributed by atoms with Gasteiger partial charge in [0.15, 0.2) is 0 Å². The quantitative estimate of drug-likeness (QED) is 0.176. The highest BCUT2D eigenvalue weighted by atomic mass is 16.7. The molecule has 0 unspecified atom stereocenters. The Labute approximate surface area is 184 Å². The minimum Gasteiger partial charge on any atom is -0.497 e. The molecule has 0 radical (unpaired) electrons. The Bertz CT molecular complexity index is 764. The van der Waals surface area contributed by atoms with Gasteiger partial charge >= 0.3 is 0 Å². The number of nitrogens with zero attached hydrogens (tertiary/aromatic N) is 1. The normalized spacial score (nSPS) is 30.4. The molecule has 0 aromatic heterocycles. The highest BCUT2D eigenvalue weighted by molar-refractivity contribution is 5.26. The number of methoxy groups -OCH3 is 2. The molecule has 1 aromatic carbocycles. The summed E-state index contributed by atoms with van der Waals surface area (Å²) >= 11 is 0. The summed E-state index contributed by atoms with van der Waals surface area (Å²) in [5, 5.41) is 11.8. The molecule has 5 atom stereocenters. The average molecular weight is 434 g/mol. The predicted octanol–water partition coefficient (Wildman–Crippen LogP) is 4.62. The van der Waals surface area contributed by atoms with E-state index in [4.69, 9.17) is 18.9 Å². The SMILES string of the molecule is COCO[C@@H]1C[C@@H]2[C@@H]([N+](=O)[O-])CC(C)=C[C@@H]2[C@](C)(CCOCc2ccc(OC)cc2)C1. The maximum Gasteiger partial charge on any atom is 0.220 e. The summed E-state index contributed by atoms with van der Waals surface area (Å²) in [6, 6.07) is 7.30. The molecule has 0 spiro atoms. The first kappa shape index (κ1) is 23.7. The van der Waals surface area contributed by atoms with Crippen LogP contribution in [0, 0.1) is 27.4 Å². The van der Waals surface area contributed by atoms with E-state index in [9.17, 15) is 10.1 Å². The van der Waals surface area contributed by atoms with E-state index in [1.54, 1.807) is 14.2 Å². The van der Waals surface area contributed by atoms with Gasteiger partial charge in [0.1, 0.15) is 12.5 Å². The van der Waals surface area contributed by atoms with E-state index in [-0.39, 0.29) is 35.1 Å². The molecule has 1 saturated carbocycles. The first-order chi connectivity index (χ1) is 14.9. The smallest absolute Gasteiger partial charge is 0.220 e. The van der Waals surface area contributed by atoms with Gasteiger partial charge in [0.2, 0.25) is 6.04 Å². The Kier molecular flexibility index (Phi) is 8.08. The molecular weight excluding hydrogens is 398 g/mol. The van der Waals surface area contributed by atoms with Crippen LogP contribution in [0.3, 0.4) is 0 Å². The number of rotatable bonds is 10. The molecule has 31 heavy (non-hydrogen) atoms. The summed E-state index contributed by atoms with van der Waals surface area (Å²) in [5.41, 5.74) is 2.08. The van der Waals surface area contributed by atoms with E-state index in [0.29, 0.717) is 26.1 Å². The van der Waals surface area contributed by atoms with Gasteiger partial charge in [-0.2, -0.15) is 0 Å². The van der Waals surface area contributed by atoms with E-state index < -0.39 is 6.04 Å². The van der Waals surface area contributed by atoms with Crippen LogP contribution in [0.4, 0.5) is 0 Å². The highest BCUT2D eigenvalue weighted by Gasteiger charge is 2.52. The summed E-state index contributed by atoms with van der Waals surface area (Å²) < 4.78 is 22.2. The minimum atomic E-state index is -0.552. The predicted molar refractivity (Wildman–Crippen MR) is 117 cm³/mol. The first-order valence-electron chi connectivity index (χ1n) is 11.0. The summed E-state index contributed by atoms with van der Waals surface area (Å²) in [4.78, 5) is 11.7. The number of hydrogen-bond donors (Lipinski definition) is 0. The molecule has 2 aliphatic rings. The van der Waals surface area contributed by atoms with Gasteiger partial charge < -0.3 is 18.9 Å². The third-order valence-electron chi connectivity index (χ3n) is 6.92. The van der Waals surface area contributed by atoms with Crippen molar-refractivity contribution in [3.63, 3.8) is 0 Å². The van der Waals surface area contributed by atoms with Crippen LogP contribution in [0.15, 0.2) is 35.9 Å². The molecular formula is C24H35NO6. The molecule has 7 heteroatoms. The van der Waals surface area contributed by atoms with Crippen molar-refractivity contribution in [2.75, 3.05) is 27.6 Å². The van der Waals surface area contributed by atoms with Gasteiger partial charge in [-0.25, -0.2) is 0 Å². The van der Waals surface area contributed by atoms with Crippen molar-refractivity contribution in [3.8, 4) is 5.75 Å². The van der Waals surface area contributed by atoms with Gasteiger partial charge in [0.05, 0.1) is 19.8 Å². The number of fused-ring (bicyclic) bond motifs is 1. The molecule has 0 amide bonds. The van der Waals surface area contributed by atoms with Crippen molar-refractivity contribution >= 4 is 0 Å². The Morgan fingerprint density at radius 2 is 1.97 bits per heavy atom. The lowest BCUT2D eigenvalue weighted by atomic mass is 9.56. The van der Waals surface area contributed by atoms with Crippen molar-refractivity contribution in [2.24, 2.45) is 17.3 Å². The van der Waals surface area contributed by atoms with Crippen LogP contribution in [0.25, 0.3) is 0 Å². The topological polar surface area (TPSA) is 80.1 Å². The Morgan fingerprint density at radius 1 is 1.23 bits per heavy atom. The second kappa shape index (κ2) is 10.6. The van der Waals surface area contributed by atoms with Gasteiger partial charge in [-0.05, 0) is 55.2 Å². The molecule has 172 valence electrons. The molecule has 0 N–H and O–H groups in total. The number of nitro groups is 1. The van der Waals surface area contributed by atoms with E-state index in [0.717, 1.165) is 29.7 Å². The molecule has 1 fully saturated rings. The van der Waals surface area contributed by atoms with Gasteiger partial charge in [0, 0.05) is 31.0 Å². The van der Waals surface area contributed by atoms with Crippen molar-refractivity contribution in [3.05, 3.63) is 51.6 Å². The molecule has 0 saturated heterocycles. The lowest BCUT2D eigenvalue weighted by Gasteiger charge is -2.50. The summed E-state index contributed by atoms with van der Waals surface area (Å²) in [6.07, 6.45) is 5.13. The molecule has 0 heterocycles. The van der Waals surface area contributed by atoms with Crippen LogP contribution in [0.5, 0.6) is 5.75 Å². The molecule has 7 nitrogen and oxygen atoms in total. The molecule has 3 rings (SSSR count). The van der Waals surface area contributed by atoms with Gasteiger partial charge in [-0.15, -0.1) is 0 Å². The maximum atomic E-state index is 11.8. The van der Waals surface area contributed by atoms with Crippen LogP contribution >= 0.6 is 0 Å². The third kappa shape index (κ3) is 5.84. The van der Waals surface area contributed by atoms with Crippen LogP contribution < -0.4 is 4.74 Å². The Morgan fingerprint density at radius 3 is 2.61 bits per heavy atom. The molecule has 0 aliphatic heterocycles. The number of allylic oxidation sites excluding steroid dienone is 1. The van der Waals surface area contributed by atoms with Crippen molar-refractivity contribution in [2.45, 2.75) is 58.3 Å². The minimum absolute atomic E-state index is 0.0269. The van der Waals surface area contributed by atoms with Crippen molar-refractivity contribution in [1.29, 1.82) is 0 Å². The van der Waals surface area contributed by atoms with Crippen LogP contribution in [0.1, 0.15) is 45.1 Å². The van der Waals surface area contributed by atoms with Crippen molar-refractivity contribution < 1.29 is 23.9 Å². The van der Waals surface area contributed by atoms with Crippen LogP contribution in [-0.4, -0.2) is 44.7 Å². The van der Waals surface area contributed by atoms with E-state index in [1.807, 2.05) is 31.2 Å². The van der Waals surface area contributed by atoms with Gasteiger partial charge in [-0.1, -0.05) is 30.7 Å². The number of ether oxygens (including phenoxy) is 4. The summed E-state index contributed by atoms with van der Waals surface area (Å²) in [5.74, 6) is 0.955. The van der Waals surface area contributed by atoms with E-state index in [2.05, 4.69) is 13.0 Å². The lowest BCUT2D eigenvalue weighted by molar-refractivity contribution is -0.536. The monoisotopic (exact) mass is 433 g/mol. The summed E-state index contributed by atoms with van der Waals surface area (Å²) in [6.45, 7) is 5.59. The number of benzene rings is 1. The van der Waals surface area contributed by atoms with Crippen LogP contribution in [-0.2, 0) is 20.8 Å². The summed E-state index contributed by atoms with van der Waals surface area (Å²) in [7, 11) is 3.25. The fourth-order valence-electron chi connectivity index (χ4n) is 5.29.